The minimum absolute atomic E-state index is 0.570. The summed E-state index contributed by atoms with van der Waals surface area (Å²) in [5, 5.41) is 3.54. The Kier molecular flexibility index (Phi) is 5.71. The molecule has 138 valence electrons. The van der Waals surface area contributed by atoms with Crippen molar-refractivity contribution in [3.05, 3.63) is 23.8 Å². The van der Waals surface area contributed by atoms with Crippen molar-refractivity contribution in [2.45, 2.75) is 38.5 Å². The quantitative estimate of drug-likeness (QED) is 0.658. The largest absolute Gasteiger partial charge is 0.493 e. The van der Waals surface area contributed by atoms with Crippen LogP contribution in [0.25, 0.3) is 0 Å². The first kappa shape index (κ1) is 17.9. The zero-order valence-electron chi connectivity index (χ0n) is 15.8. The van der Waals surface area contributed by atoms with Gasteiger partial charge in [-0.3, -0.25) is 4.99 Å². The summed E-state index contributed by atoms with van der Waals surface area (Å²) < 4.78 is 10.7. The molecule has 1 aromatic rings. The highest BCUT2D eigenvalue weighted by Crippen LogP contribution is 2.45. The van der Waals surface area contributed by atoms with Crippen molar-refractivity contribution < 1.29 is 9.47 Å². The molecule has 0 bridgehead atoms. The highest BCUT2D eigenvalue weighted by atomic mass is 16.5. The number of hydrogen-bond donors (Lipinski definition) is 1. The lowest BCUT2D eigenvalue weighted by atomic mass is 9.86. The maximum atomic E-state index is 5.38. The summed E-state index contributed by atoms with van der Waals surface area (Å²) in [6.45, 7) is 3.17. The first-order valence-corrected chi connectivity index (χ1v) is 9.36. The van der Waals surface area contributed by atoms with Crippen LogP contribution in [0.3, 0.4) is 0 Å². The van der Waals surface area contributed by atoms with Crippen LogP contribution in [0, 0.1) is 5.41 Å². The lowest BCUT2D eigenvalue weighted by molar-refractivity contribution is 0.309. The van der Waals surface area contributed by atoms with Crippen molar-refractivity contribution in [1.82, 2.24) is 10.2 Å². The van der Waals surface area contributed by atoms with E-state index in [2.05, 4.69) is 21.3 Å². The van der Waals surface area contributed by atoms with E-state index in [9.17, 15) is 0 Å². The number of likely N-dealkylation sites (tertiary alicyclic amines) is 1. The van der Waals surface area contributed by atoms with Gasteiger partial charge in [0.1, 0.15) is 0 Å². The molecule has 1 heterocycles. The zero-order valence-corrected chi connectivity index (χ0v) is 15.8. The molecule has 5 nitrogen and oxygen atoms in total. The monoisotopic (exact) mass is 345 g/mol. The molecule has 1 N–H and O–H groups in total. The van der Waals surface area contributed by atoms with Gasteiger partial charge in [-0.25, -0.2) is 0 Å². The molecule has 0 amide bonds. The van der Waals surface area contributed by atoms with E-state index in [4.69, 9.17) is 9.47 Å². The van der Waals surface area contributed by atoms with Crippen LogP contribution in [-0.4, -0.2) is 51.8 Å². The van der Waals surface area contributed by atoms with Crippen LogP contribution in [0.1, 0.15) is 37.7 Å². The third kappa shape index (κ3) is 4.02. The summed E-state index contributed by atoms with van der Waals surface area (Å²) in [6.07, 6.45) is 7.85. The van der Waals surface area contributed by atoms with Gasteiger partial charge in [0.05, 0.1) is 14.2 Å². The molecule has 1 aromatic carbocycles. The van der Waals surface area contributed by atoms with Crippen LogP contribution in [-0.2, 0) is 6.42 Å². The number of methoxy groups -OCH3 is 2. The fourth-order valence-corrected chi connectivity index (χ4v) is 4.34. The minimum Gasteiger partial charge on any atom is -0.493 e. The molecule has 0 atom stereocenters. The van der Waals surface area contributed by atoms with Crippen molar-refractivity contribution >= 4 is 5.96 Å². The van der Waals surface area contributed by atoms with E-state index in [1.54, 1.807) is 14.2 Å². The molecule has 1 saturated heterocycles. The predicted octanol–water partition coefficient (Wildman–Crippen LogP) is 3.09. The Morgan fingerprint density at radius 1 is 1.16 bits per heavy atom. The highest BCUT2D eigenvalue weighted by Gasteiger charge is 2.40. The first-order chi connectivity index (χ1) is 12.2. The maximum Gasteiger partial charge on any atom is 0.193 e. The van der Waals surface area contributed by atoms with Gasteiger partial charge < -0.3 is 19.7 Å². The fourth-order valence-electron chi connectivity index (χ4n) is 4.34. The second-order valence-corrected chi connectivity index (χ2v) is 7.29. The summed E-state index contributed by atoms with van der Waals surface area (Å²) in [6, 6.07) is 6.11. The number of benzene rings is 1. The van der Waals surface area contributed by atoms with E-state index in [0.29, 0.717) is 5.41 Å². The third-order valence-corrected chi connectivity index (χ3v) is 5.76. The lowest BCUT2D eigenvalue weighted by Crippen LogP contribution is -2.41. The Hall–Kier alpha value is -1.91. The van der Waals surface area contributed by atoms with Gasteiger partial charge in [-0.2, -0.15) is 0 Å². The number of ether oxygens (including phenoxy) is 2. The average Bonchev–Trinajstić information content (AvgIpc) is 3.28. The predicted molar refractivity (Wildman–Crippen MR) is 102 cm³/mol. The first-order valence-electron chi connectivity index (χ1n) is 9.36. The minimum atomic E-state index is 0.570. The Bertz CT molecular complexity index is 609. The van der Waals surface area contributed by atoms with Gasteiger partial charge in [0.2, 0.25) is 0 Å². The molecule has 0 radical (unpaired) electrons. The topological polar surface area (TPSA) is 46.1 Å². The Labute approximate surface area is 151 Å². The molecule has 1 spiro atoms. The molecular weight excluding hydrogens is 314 g/mol. The molecule has 2 fully saturated rings. The van der Waals surface area contributed by atoms with E-state index in [1.807, 2.05) is 19.2 Å². The van der Waals surface area contributed by atoms with Crippen molar-refractivity contribution in [2.24, 2.45) is 10.4 Å². The molecule has 3 rings (SSSR count). The Morgan fingerprint density at radius 2 is 1.92 bits per heavy atom. The lowest BCUT2D eigenvalue weighted by Gasteiger charge is -2.26. The summed E-state index contributed by atoms with van der Waals surface area (Å²) in [7, 11) is 5.22. The van der Waals surface area contributed by atoms with Crippen LogP contribution in [0.5, 0.6) is 11.5 Å². The average molecular weight is 345 g/mol. The molecular formula is C20H31N3O2. The van der Waals surface area contributed by atoms with Crippen LogP contribution in [0.4, 0.5) is 0 Å². The summed E-state index contributed by atoms with van der Waals surface area (Å²) >= 11 is 0. The van der Waals surface area contributed by atoms with E-state index < -0.39 is 0 Å². The standard InChI is InChI=1S/C20H31N3O2/c1-21-19(23-13-11-20(15-23)9-4-5-10-20)22-12-8-16-6-7-17(24-2)18(14-16)25-3/h6-7,14H,4-5,8-13,15H2,1-3H3,(H,21,22). The Balaban J connectivity index is 1.52. The number of nitrogens with zero attached hydrogens (tertiary/aromatic N) is 2. The second kappa shape index (κ2) is 7.98. The summed E-state index contributed by atoms with van der Waals surface area (Å²) in [5.74, 6) is 2.60. The van der Waals surface area contributed by atoms with Crippen molar-refractivity contribution in [3.63, 3.8) is 0 Å². The number of guanidine groups is 1. The van der Waals surface area contributed by atoms with Gasteiger partial charge in [0.15, 0.2) is 17.5 Å². The smallest absolute Gasteiger partial charge is 0.193 e. The van der Waals surface area contributed by atoms with Crippen LogP contribution in [0.15, 0.2) is 23.2 Å². The van der Waals surface area contributed by atoms with E-state index in [1.165, 1.54) is 44.2 Å². The van der Waals surface area contributed by atoms with Crippen molar-refractivity contribution in [2.75, 3.05) is 40.9 Å². The number of nitrogens with one attached hydrogen (secondary N) is 1. The van der Waals surface area contributed by atoms with Gasteiger partial charge in [0, 0.05) is 26.7 Å². The molecule has 2 aliphatic rings. The summed E-state index contributed by atoms with van der Waals surface area (Å²) in [5.41, 5.74) is 1.80. The van der Waals surface area contributed by atoms with Gasteiger partial charge >= 0.3 is 0 Å². The second-order valence-electron chi connectivity index (χ2n) is 7.29. The van der Waals surface area contributed by atoms with Crippen molar-refractivity contribution in [3.8, 4) is 11.5 Å². The normalized spacial score (nSPS) is 19.5. The number of rotatable bonds is 5. The van der Waals surface area contributed by atoms with Gasteiger partial charge in [-0.1, -0.05) is 18.9 Å². The van der Waals surface area contributed by atoms with Gasteiger partial charge in [-0.05, 0) is 48.8 Å². The number of aliphatic imine (C=N–C) groups is 1. The maximum absolute atomic E-state index is 5.38. The van der Waals surface area contributed by atoms with Gasteiger partial charge in [0.25, 0.3) is 0 Å². The molecule has 5 heteroatoms. The molecule has 0 unspecified atom stereocenters. The molecule has 25 heavy (non-hydrogen) atoms. The molecule has 1 saturated carbocycles. The summed E-state index contributed by atoms with van der Waals surface area (Å²) in [4.78, 5) is 6.95. The zero-order chi connectivity index (χ0) is 17.7. The van der Waals surface area contributed by atoms with Crippen LogP contribution < -0.4 is 14.8 Å². The fraction of sp³-hybridized carbons (Fsp3) is 0.650. The highest BCUT2D eigenvalue weighted by molar-refractivity contribution is 5.80. The van der Waals surface area contributed by atoms with E-state index >= 15 is 0 Å². The van der Waals surface area contributed by atoms with E-state index in [0.717, 1.165) is 37.0 Å². The number of hydrogen-bond acceptors (Lipinski definition) is 3. The molecule has 0 aromatic heterocycles. The molecule has 1 aliphatic carbocycles. The molecule has 1 aliphatic heterocycles. The SMILES string of the molecule is CN=C(NCCc1ccc(OC)c(OC)c1)N1CCC2(CCCC2)C1. The van der Waals surface area contributed by atoms with E-state index in [-0.39, 0.29) is 0 Å². The Morgan fingerprint density at radius 3 is 2.60 bits per heavy atom. The van der Waals surface area contributed by atoms with Crippen LogP contribution in [0.2, 0.25) is 0 Å². The van der Waals surface area contributed by atoms with Crippen LogP contribution >= 0.6 is 0 Å². The van der Waals surface area contributed by atoms with Gasteiger partial charge in [-0.15, -0.1) is 0 Å². The third-order valence-electron chi connectivity index (χ3n) is 5.76. The van der Waals surface area contributed by atoms with Crippen molar-refractivity contribution in [1.29, 1.82) is 0 Å².